The van der Waals surface area contributed by atoms with Crippen molar-refractivity contribution in [3.63, 3.8) is 0 Å². The molecular weight excluding hydrogens is 266 g/mol. The van der Waals surface area contributed by atoms with Gasteiger partial charge in [0.2, 0.25) is 0 Å². The fraction of sp³-hybridized carbons (Fsp3) is 0.438. The van der Waals surface area contributed by atoms with Crippen LogP contribution in [0.3, 0.4) is 0 Å². The average Bonchev–Trinajstić information content (AvgIpc) is 2.37. The van der Waals surface area contributed by atoms with Crippen LogP contribution in [0.15, 0.2) is 41.0 Å². The second-order valence-corrected chi connectivity index (χ2v) is 5.99. The van der Waals surface area contributed by atoms with Gasteiger partial charge in [-0.3, -0.25) is 0 Å². The van der Waals surface area contributed by atoms with Crippen molar-refractivity contribution in [3.05, 3.63) is 36.0 Å². The number of amidine groups is 1. The summed E-state index contributed by atoms with van der Waals surface area (Å²) in [5.41, 5.74) is 13.1. The van der Waals surface area contributed by atoms with E-state index in [1.54, 1.807) is 25.1 Å². The van der Waals surface area contributed by atoms with E-state index in [2.05, 4.69) is 4.99 Å². The Balaban J connectivity index is 2.91. The number of rotatable bonds is 5. The van der Waals surface area contributed by atoms with Crippen LogP contribution in [0.2, 0.25) is 0 Å². The number of aliphatic imine (C=N–C) groups is 1. The van der Waals surface area contributed by atoms with Crippen LogP contribution in [-0.2, 0) is 0 Å². The number of aliphatic hydroxyl groups is 1. The Morgan fingerprint density at radius 1 is 1.38 bits per heavy atom. The van der Waals surface area contributed by atoms with E-state index in [1.165, 1.54) is 0 Å². The number of ether oxygens (including phenoxy) is 1. The highest BCUT2D eigenvalue weighted by atomic mass is 16.5. The Bertz CT molecular complexity index is 531. The number of hydrogen-bond acceptors (Lipinski definition) is 4. The van der Waals surface area contributed by atoms with Crippen molar-refractivity contribution in [2.24, 2.45) is 21.9 Å². The van der Waals surface area contributed by atoms with Crippen molar-refractivity contribution < 1.29 is 9.84 Å². The molecule has 1 aromatic carbocycles. The normalized spacial score (nSPS) is 14.9. The van der Waals surface area contributed by atoms with Crippen LogP contribution < -0.4 is 16.2 Å². The quantitative estimate of drug-likeness (QED) is 0.573. The van der Waals surface area contributed by atoms with Crippen molar-refractivity contribution in [1.29, 1.82) is 0 Å². The van der Waals surface area contributed by atoms with Gasteiger partial charge in [-0.15, -0.1) is 0 Å². The molecular formula is C16H25N3O2. The van der Waals surface area contributed by atoms with Crippen LogP contribution in [0.1, 0.15) is 27.7 Å². The molecule has 5 heteroatoms. The number of allylic oxidation sites excluding steroid dienone is 1. The monoisotopic (exact) mass is 291 g/mol. The van der Waals surface area contributed by atoms with Gasteiger partial charge in [-0.25, -0.2) is 4.99 Å². The first-order chi connectivity index (χ1) is 9.72. The maximum absolute atomic E-state index is 8.99. The summed E-state index contributed by atoms with van der Waals surface area (Å²) >= 11 is 0. The highest BCUT2D eigenvalue weighted by molar-refractivity contribution is 5.94. The predicted octanol–water partition coefficient (Wildman–Crippen LogP) is 2.32. The average molecular weight is 291 g/mol. The molecule has 0 fully saturated rings. The van der Waals surface area contributed by atoms with Crippen LogP contribution in [0.5, 0.6) is 5.75 Å². The summed E-state index contributed by atoms with van der Waals surface area (Å²) in [7, 11) is 0. The molecule has 1 aromatic rings. The summed E-state index contributed by atoms with van der Waals surface area (Å²) in [6.45, 7) is 7.78. The first-order valence-corrected chi connectivity index (χ1v) is 6.91. The van der Waals surface area contributed by atoms with Gasteiger partial charge >= 0.3 is 0 Å². The van der Waals surface area contributed by atoms with E-state index < -0.39 is 0 Å². The lowest BCUT2D eigenvalue weighted by molar-refractivity contribution is 0.130. The zero-order valence-corrected chi connectivity index (χ0v) is 13.1. The maximum atomic E-state index is 8.99. The molecule has 21 heavy (non-hydrogen) atoms. The van der Waals surface area contributed by atoms with Gasteiger partial charge in [0.05, 0.1) is 12.3 Å². The second-order valence-electron chi connectivity index (χ2n) is 5.99. The van der Waals surface area contributed by atoms with Gasteiger partial charge in [0.1, 0.15) is 17.7 Å². The molecule has 0 spiro atoms. The van der Waals surface area contributed by atoms with Crippen molar-refractivity contribution in [2.45, 2.75) is 33.8 Å². The third kappa shape index (κ3) is 5.87. The van der Waals surface area contributed by atoms with Gasteiger partial charge < -0.3 is 21.3 Å². The first-order valence-electron chi connectivity index (χ1n) is 6.91. The highest BCUT2D eigenvalue weighted by Crippen LogP contribution is 2.22. The van der Waals surface area contributed by atoms with E-state index in [1.807, 2.05) is 32.9 Å². The summed E-state index contributed by atoms with van der Waals surface area (Å²) in [5.74, 6) is 0.980. The molecule has 5 N–H and O–H groups in total. The van der Waals surface area contributed by atoms with Crippen LogP contribution >= 0.6 is 0 Å². The minimum Gasteiger partial charge on any atom is -0.488 e. The summed E-state index contributed by atoms with van der Waals surface area (Å²) in [5, 5.41) is 8.99. The summed E-state index contributed by atoms with van der Waals surface area (Å²) in [4.78, 5) is 4.30. The SMILES string of the molecule is C[C@@H](CO)Oc1cccc(N=C(N)/C=C(\N)C(C)(C)C)c1. The fourth-order valence-electron chi connectivity index (χ4n) is 1.45. The molecule has 5 nitrogen and oxygen atoms in total. The van der Waals surface area contributed by atoms with Gasteiger partial charge in [0.25, 0.3) is 0 Å². The molecule has 0 radical (unpaired) electrons. The van der Waals surface area contributed by atoms with E-state index in [0.29, 0.717) is 23.0 Å². The van der Waals surface area contributed by atoms with E-state index in [4.69, 9.17) is 21.3 Å². The Hall–Kier alpha value is -2.01. The summed E-state index contributed by atoms with van der Waals surface area (Å²) in [6.07, 6.45) is 1.40. The van der Waals surface area contributed by atoms with Gasteiger partial charge in [0.15, 0.2) is 0 Å². The molecule has 0 aliphatic heterocycles. The molecule has 1 atom stereocenters. The minimum absolute atomic E-state index is 0.0412. The van der Waals surface area contributed by atoms with Crippen LogP contribution in [0, 0.1) is 5.41 Å². The Kier molecular flexibility index (Phi) is 5.79. The number of nitrogens with two attached hydrogens (primary N) is 2. The molecule has 0 aliphatic carbocycles. The van der Waals surface area contributed by atoms with Crippen LogP contribution in [0.25, 0.3) is 0 Å². The van der Waals surface area contributed by atoms with Crippen molar-refractivity contribution in [2.75, 3.05) is 6.61 Å². The molecule has 0 unspecified atom stereocenters. The lowest BCUT2D eigenvalue weighted by Gasteiger charge is -2.18. The molecule has 0 amide bonds. The minimum atomic E-state index is -0.266. The maximum Gasteiger partial charge on any atom is 0.125 e. The Morgan fingerprint density at radius 3 is 2.62 bits per heavy atom. The van der Waals surface area contributed by atoms with Crippen molar-refractivity contribution >= 4 is 11.5 Å². The lowest BCUT2D eigenvalue weighted by Crippen LogP contribution is -2.20. The predicted molar refractivity (Wildman–Crippen MR) is 86.6 cm³/mol. The number of nitrogens with zero attached hydrogens (tertiary/aromatic N) is 1. The second kappa shape index (κ2) is 7.13. The standard InChI is InChI=1S/C16H25N3O2/c1-11(10-20)21-13-7-5-6-12(8-13)19-15(18)9-14(17)16(2,3)4/h5-9,11,20H,10,17H2,1-4H3,(H2,18,19)/b14-9-/t11-/m0/s1. The van der Waals surface area contributed by atoms with Gasteiger partial charge in [-0.05, 0) is 25.1 Å². The molecule has 116 valence electrons. The molecule has 0 heterocycles. The largest absolute Gasteiger partial charge is 0.488 e. The van der Waals surface area contributed by atoms with Gasteiger partial charge in [-0.2, -0.15) is 0 Å². The fourth-order valence-corrected chi connectivity index (χ4v) is 1.45. The molecule has 0 saturated heterocycles. The number of benzene rings is 1. The van der Waals surface area contributed by atoms with E-state index in [9.17, 15) is 0 Å². The van der Waals surface area contributed by atoms with E-state index in [0.717, 1.165) is 0 Å². The first kappa shape index (κ1) is 17.0. The molecule has 0 aliphatic rings. The van der Waals surface area contributed by atoms with Crippen molar-refractivity contribution in [1.82, 2.24) is 0 Å². The zero-order chi connectivity index (χ0) is 16.0. The van der Waals surface area contributed by atoms with Gasteiger partial charge in [0, 0.05) is 17.2 Å². The highest BCUT2D eigenvalue weighted by Gasteiger charge is 2.13. The molecule has 0 bridgehead atoms. The molecule has 0 saturated carbocycles. The van der Waals surface area contributed by atoms with Crippen LogP contribution in [0.4, 0.5) is 5.69 Å². The Morgan fingerprint density at radius 2 is 2.05 bits per heavy atom. The molecule has 1 rings (SSSR count). The van der Waals surface area contributed by atoms with E-state index >= 15 is 0 Å². The summed E-state index contributed by atoms with van der Waals surface area (Å²) in [6, 6.07) is 7.22. The Labute approximate surface area is 126 Å². The third-order valence-corrected chi connectivity index (χ3v) is 2.84. The third-order valence-electron chi connectivity index (χ3n) is 2.84. The molecule has 0 aromatic heterocycles. The van der Waals surface area contributed by atoms with Gasteiger partial charge in [-0.1, -0.05) is 26.8 Å². The zero-order valence-electron chi connectivity index (χ0n) is 13.1. The number of aliphatic hydroxyl groups excluding tert-OH is 1. The number of hydrogen-bond donors (Lipinski definition) is 3. The van der Waals surface area contributed by atoms with E-state index in [-0.39, 0.29) is 18.1 Å². The topological polar surface area (TPSA) is 93.9 Å². The smallest absolute Gasteiger partial charge is 0.125 e. The van der Waals surface area contributed by atoms with Crippen LogP contribution in [-0.4, -0.2) is 23.7 Å². The lowest BCUT2D eigenvalue weighted by atomic mass is 9.92. The van der Waals surface area contributed by atoms with Crippen molar-refractivity contribution in [3.8, 4) is 5.75 Å². The summed E-state index contributed by atoms with van der Waals surface area (Å²) < 4.78 is 5.52.